The van der Waals surface area contributed by atoms with E-state index < -0.39 is 11.7 Å². The molecule has 0 unspecified atom stereocenters. The lowest BCUT2D eigenvalue weighted by molar-refractivity contribution is -0.137. The lowest BCUT2D eigenvalue weighted by Crippen LogP contribution is -2.16. The van der Waals surface area contributed by atoms with Gasteiger partial charge >= 0.3 is 6.18 Å². The summed E-state index contributed by atoms with van der Waals surface area (Å²) in [5.74, 6) is 1.84. The van der Waals surface area contributed by atoms with Gasteiger partial charge in [-0.1, -0.05) is 44.2 Å². The van der Waals surface area contributed by atoms with Crippen LogP contribution in [-0.4, -0.2) is 11.5 Å². The Morgan fingerprint density at radius 1 is 1.29 bits per heavy atom. The molecular weight excluding hydrogens is 301 g/mol. The van der Waals surface area contributed by atoms with Gasteiger partial charge in [0.1, 0.15) is 5.82 Å². The molecule has 1 aromatic rings. The Morgan fingerprint density at radius 2 is 1.95 bits per heavy atom. The molecule has 0 aliphatic heterocycles. The van der Waals surface area contributed by atoms with Crippen molar-refractivity contribution in [3.05, 3.63) is 22.8 Å². The van der Waals surface area contributed by atoms with Crippen LogP contribution in [0, 0.1) is 11.8 Å². The highest BCUT2D eigenvalue weighted by Crippen LogP contribution is 2.33. The Morgan fingerprint density at radius 3 is 2.52 bits per heavy atom. The number of aromatic nitrogens is 1. The van der Waals surface area contributed by atoms with E-state index in [1.54, 1.807) is 0 Å². The molecule has 1 aliphatic carbocycles. The number of hydrogen-bond donors (Lipinski definition) is 1. The smallest absolute Gasteiger partial charge is 0.369 e. The van der Waals surface area contributed by atoms with E-state index in [0.29, 0.717) is 18.3 Å². The molecule has 1 aromatic heterocycles. The fourth-order valence-electron chi connectivity index (χ4n) is 2.74. The Hall–Kier alpha value is -0.970. The Balaban J connectivity index is 1.83. The summed E-state index contributed by atoms with van der Waals surface area (Å²) in [6.45, 7) is 2.97. The average molecular weight is 321 g/mol. The SMILES string of the molecule is CC1CCC(CCNc2ncc(C(F)(F)F)cc2Cl)CC1. The van der Waals surface area contributed by atoms with Crippen molar-refractivity contribution in [2.45, 2.75) is 45.2 Å². The van der Waals surface area contributed by atoms with Crippen LogP contribution < -0.4 is 5.32 Å². The van der Waals surface area contributed by atoms with E-state index in [0.717, 1.165) is 24.6 Å². The summed E-state index contributed by atoms with van der Waals surface area (Å²) in [5.41, 5.74) is -0.820. The highest BCUT2D eigenvalue weighted by Gasteiger charge is 2.31. The third kappa shape index (κ3) is 4.77. The zero-order valence-electron chi connectivity index (χ0n) is 12.0. The molecule has 1 aliphatic rings. The zero-order chi connectivity index (χ0) is 15.5. The first kappa shape index (κ1) is 16.4. The highest BCUT2D eigenvalue weighted by molar-refractivity contribution is 6.32. The first-order chi connectivity index (χ1) is 9.86. The van der Waals surface area contributed by atoms with Gasteiger partial charge in [0.25, 0.3) is 0 Å². The molecule has 0 atom stereocenters. The molecule has 2 rings (SSSR count). The largest absolute Gasteiger partial charge is 0.417 e. The topological polar surface area (TPSA) is 24.9 Å². The van der Waals surface area contributed by atoms with Crippen molar-refractivity contribution >= 4 is 17.4 Å². The summed E-state index contributed by atoms with van der Waals surface area (Å²) in [6, 6.07) is 0.916. The second kappa shape index (κ2) is 6.86. The average Bonchev–Trinajstić information content (AvgIpc) is 2.41. The maximum absolute atomic E-state index is 12.5. The summed E-state index contributed by atoms with van der Waals surface area (Å²) >= 11 is 5.85. The Labute approximate surface area is 128 Å². The van der Waals surface area contributed by atoms with Crippen molar-refractivity contribution in [3.8, 4) is 0 Å². The van der Waals surface area contributed by atoms with E-state index in [1.165, 1.54) is 25.7 Å². The standard InChI is InChI=1S/C15H20ClF3N2/c1-10-2-4-11(5-3-10)6-7-20-14-13(16)8-12(9-21-14)15(17,18)19/h8-11H,2-7H2,1H3,(H,20,21). The van der Waals surface area contributed by atoms with E-state index >= 15 is 0 Å². The first-order valence-electron chi connectivity index (χ1n) is 7.33. The van der Waals surface area contributed by atoms with E-state index in [-0.39, 0.29) is 5.02 Å². The van der Waals surface area contributed by atoms with Crippen LogP contribution >= 0.6 is 11.6 Å². The van der Waals surface area contributed by atoms with Gasteiger partial charge in [-0.25, -0.2) is 4.98 Å². The van der Waals surface area contributed by atoms with Crippen LogP contribution in [0.4, 0.5) is 19.0 Å². The summed E-state index contributed by atoms with van der Waals surface area (Å²) in [6.07, 6.45) is 2.41. The molecule has 118 valence electrons. The number of nitrogens with one attached hydrogen (secondary N) is 1. The predicted molar refractivity (Wildman–Crippen MR) is 78.5 cm³/mol. The normalized spacial score (nSPS) is 23.1. The second-order valence-electron chi connectivity index (χ2n) is 5.89. The monoisotopic (exact) mass is 320 g/mol. The van der Waals surface area contributed by atoms with Crippen LogP contribution in [0.1, 0.15) is 44.6 Å². The van der Waals surface area contributed by atoms with Crippen LogP contribution in [0.25, 0.3) is 0 Å². The molecule has 6 heteroatoms. The fraction of sp³-hybridized carbons (Fsp3) is 0.667. The van der Waals surface area contributed by atoms with E-state index in [1.807, 2.05) is 0 Å². The minimum Gasteiger partial charge on any atom is -0.369 e. The summed E-state index contributed by atoms with van der Waals surface area (Å²) in [4.78, 5) is 3.78. The van der Waals surface area contributed by atoms with Crippen molar-refractivity contribution in [3.63, 3.8) is 0 Å². The minimum atomic E-state index is -4.41. The van der Waals surface area contributed by atoms with Crippen LogP contribution in [-0.2, 0) is 6.18 Å². The number of rotatable bonds is 4. The zero-order valence-corrected chi connectivity index (χ0v) is 12.8. The summed E-state index contributed by atoms with van der Waals surface area (Å²) in [7, 11) is 0. The lowest BCUT2D eigenvalue weighted by Gasteiger charge is -2.26. The van der Waals surface area contributed by atoms with Gasteiger partial charge < -0.3 is 5.32 Å². The molecule has 1 heterocycles. The van der Waals surface area contributed by atoms with Crippen LogP contribution in [0.2, 0.25) is 5.02 Å². The van der Waals surface area contributed by atoms with Gasteiger partial charge in [0, 0.05) is 12.7 Å². The number of nitrogens with zero attached hydrogens (tertiary/aromatic N) is 1. The summed E-state index contributed by atoms with van der Waals surface area (Å²) < 4.78 is 37.5. The molecule has 0 bridgehead atoms. The molecular formula is C15H20ClF3N2. The van der Waals surface area contributed by atoms with Crippen LogP contribution in [0.3, 0.4) is 0 Å². The van der Waals surface area contributed by atoms with Gasteiger partial charge in [-0.2, -0.15) is 13.2 Å². The van der Waals surface area contributed by atoms with E-state index in [4.69, 9.17) is 11.6 Å². The number of alkyl halides is 3. The van der Waals surface area contributed by atoms with Gasteiger partial charge in [0.2, 0.25) is 0 Å². The number of hydrogen-bond acceptors (Lipinski definition) is 2. The summed E-state index contributed by atoms with van der Waals surface area (Å²) in [5, 5.41) is 3.06. The third-order valence-corrected chi connectivity index (χ3v) is 4.44. The number of pyridine rings is 1. The van der Waals surface area contributed by atoms with Gasteiger partial charge in [-0.3, -0.25) is 0 Å². The highest BCUT2D eigenvalue weighted by atomic mass is 35.5. The molecule has 0 radical (unpaired) electrons. The van der Waals surface area contributed by atoms with Crippen LogP contribution in [0.5, 0.6) is 0 Å². The Kier molecular flexibility index (Phi) is 5.36. The lowest BCUT2D eigenvalue weighted by atomic mass is 9.81. The molecule has 21 heavy (non-hydrogen) atoms. The van der Waals surface area contributed by atoms with Crippen molar-refractivity contribution in [1.29, 1.82) is 0 Å². The van der Waals surface area contributed by atoms with Gasteiger partial charge in [0.15, 0.2) is 0 Å². The number of anilines is 1. The maximum Gasteiger partial charge on any atom is 0.417 e. The fourth-order valence-corrected chi connectivity index (χ4v) is 2.97. The second-order valence-corrected chi connectivity index (χ2v) is 6.30. The van der Waals surface area contributed by atoms with Gasteiger partial charge in [-0.15, -0.1) is 0 Å². The van der Waals surface area contributed by atoms with Crippen molar-refractivity contribution in [2.75, 3.05) is 11.9 Å². The molecule has 1 fully saturated rings. The molecule has 1 N–H and O–H groups in total. The quantitative estimate of drug-likeness (QED) is 0.805. The van der Waals surface area contributed by atoms with Gasteiger partial charge in [0.05, 0.1) is 10.6 Å². The number of halogens is 4. The van der Waals surface area contributed by atoms with Crippen LogP contribution in [0.15, 0.2) is 12.3 Å². The minimum absolute atomic E-state index is 0.0158. The predicted octanol–water partition coefficient (Wildman–Crippen LogP) is 5.38. The van der Waals surface area contributed by atoms with Crippen molar-refractivity contribution in [1.82, 2.24) is 4.98 Å². The molecule has 0 spiro atoms. The maximum atomic E-state index is 12.5. The Bertz CT molecular complexity index is 468. The third-order valence-electron chi connectivity index (χ3n) is 4.15. The van der Waals surface area contributed by atoms with E-state index in [9.17, 15) is 13.2 Å². The van der Waals surface area contributed by atoms with Crippen molar-refractivity contribution in [2.24, 2.45) is 11.8 Å². The molecule has 0 aromatic carbocycles. The molecule has 0 amide bonds. The first-order valence-corrected chi connectivity index (χ1v) is 7.70. The van der Waals surface area contributed by atoms with Gasteiger partial charge in [-0.05, 0) is 24.3 Å². The van der Waals surface area contributed by atoms with Crippen molar-refractivity contribution < 1.29 is 13.2 Å². The molecule has 0 saturated heterocycles. The molecule has 2 nitrogen and oxygen atoms in total. The van der Waals surface area contributed by atoms with E-state index in [2.05, 4.69) is 17.2 Å². The molecule has 1 saturated carbocycles.